The summed E-state index contributed by atoms with van der Waals surface area (Å²) < 4.78 is 32.4. The number of Topliss-reactive ketones (excluding diaryl/α,β-unsaturated/α-hetero) is 1. The van der Waals surface area contributed by atoms with Gasteiger partial charge in [-0.2, -0.15) is 0 Å². The van der Waals surface area contributed by atoms with Crippen LogP contribution in [0.15, 0.2) is 30.3 Å². The molecule has 0 spiro atoms. The van der Waals surface area contributed by atoms with Crippen LogP contribution in [-0.4, -0.2) is 37.1 Å². The highest BCUT2D eigenvalue weighted by atomic mass is 16.5. The monoisotopic (exact) mass is 412 g/mol. The minimum Gasteiger partial charge on any atom is -0.493 e. The van der Waals surface area contributed by atoms with Crippen LogP contribution in [0.4, 0.5) is 0 Å². The van der Waals surface area contributed by atoms with Crippen LogP contribution in [-0.2, 0) is 11.2 Å². The molecule has 1 saturated carbocycles. The molecule has 2 aromatic rings. The minimum absolute atomic E-state index is 0.0774. The lowest BCUT2D eigenvalue weighted by Gasteiger charge is -2.42. The number of methoxy groups -OCH3 is 2. The van der Waals surface area contributed by atoms with E-state index in [9.17, 15) is 14.7 Å². The molecule has 0 saturated heterocycles. The molecule has 6 heteroatoms. The largest absolute Gasteiger partial charge is 0.493 e. The summed E-state index contributed by atoms with van der Waals surface area (Å²) in [5, 5.41) is 9.86. The summed E-state index contributed by atoms with van der Waals surface area (Å²) in [6, 6.07) is 8.93. The fourth-order valence-electron chi connectivity index (χ4n) is 4.53. The van der Waals surface area contributed by atoms with Crippen molar-refractivity contribution in [1.82, 2.24) is 0 Å². The van der Waals surface area contributed by atoms with Crippen LogP contribution in [0.1, 0.15) is 51.3 Å². The zero-order chi connectivity index (χ0) is 23.0. The average molecular weight is 412 g/mol. The Bertz CT molecular complexity index is 1060. The lowest BCUT2D eigenvalue weighted by Crippen LogP contribution is -2.49. The van der Waals surface area contributed by atoms with E-state index in [2.05, 4.69) is 0 Å². The zero-order valence-corrected chi connectivity index (χ0v) is 17.1. The minimum atomic E-state index is -1.64. The lowest BCUT2D eigenvalue weighted by molar-refractivity contribution is -0.162. The lowest BCUT2D eigenvalue weighted by atomic mass is 9.65. The number of carboxylic acids is 1. The molecule has 1 unspecified atom stereocenters. The molecule has 0 aliphatic heterocycles. The first kappa shape index (κ1) is 17.8. The van der Waals surface area contributed by atoms with Crippen LogP contribution < -0.4 is 14.2 Å². The van der Waals surface area contributed by atoms with Crippen LogP contribution in [0.3, 0.4) is 0 Å². The second-order valence-corrected chi connectivity index (χ2v) is 7.92. The number of hydrogen-bond donors (Lipinski definition) is 1. The molecule has 1 atom stereocenters. The molecule has 6 nitrogen and oxygen atoms in total. The third kappa shape index (κ3) is 3.02. The number of aliphatic carboxylic acids is 1. The van der Waals surface area contributed by atoms with Gasteiger partial charge >= 0.3 is 5.97 Å². The molecule has 4 rings (SSSR count). The number of carbonyl (C=O) groups excluding carboxylic acids is 1. The van der Waals surface area contributed by atoms with E-state index in [0.29, 0.717) is 36.8 Å². The van der Waals surface area contributed by atoms with Gasteiger partial charge in [-0.05, 0) is 49.4 Å². The molecule has 158 valence electrons. The first-order valence-corrected chi connectivity index (χ1v) is 10.1. The molecular formula is C24H26O6. The summed E-state index contributed by atoms with van der Waals surface area (Å²) in [6.45, 7) is 1.72. The predicted octanol–water partition coefficient (Wildman–Crippen LogP) is 4.52. The standard InChI is InChI=1S/C24H26O6/c1-14(24(23(26)27)12-5-13-24)30-21-18(9-11-20(28-2)22(21)29-3)15-6-4-7-17-16(15)8-10-19(17)25/h4,6-7,9,11,14H,5,8,10,12-13H2,1-3H3,(H,26,27)/i3D2. The Kier molecular flexibility index (Phi) is 4.55. The van der Waals surface area contributed by atoms with Gasteiger partial charge in [0, 0.05) is 17.5 Å². The molecule has 0 amide bonds. The van der Waals surface area contributed by atoms with E-state index in [0.717, 1.165) is 17.5 Å². The highest BCUT2D eigenvalue weighted by molar-refractivity contribution is 6.02. The average Bonchev–Trinajstić information content (AvgIpc) is 3.09. The Morgan fingerprint density at radius 3 is 2.50 bits per heavy atom. The van der Waals surface area contributed by atoms with E-state index in [1.54, 1.807) is 31.2 Å². The number of ketones is 1. The molecule has 0 aromatic heterocycles. The Hall–Kier alpha value is -3.02. The van der Waals surface area contributed by atoms with Gasteiger partial charge in [0.1, 0.15) is 11.5 Å². The van der Waals surface area contributed by atoms with Crippen molar-refractivity contribution in [2.45, 2.75) is 45.1 Å². The van der Waals surface area contributed by atoms with Crippen molar-refractivity contribution in [1.29, 1.82) is 0 Å². The van der Waals surface area contributed by atoms with E-state index in [4.69, 9.17) is 17.0 Å². The number of carboxylic acid groups (broad SMARTS) is 1. The van der Waals surface area contributed by atoms with E-state index in [1.807, 2.05) is 6.07 Å². The molecule has 30 heavy (non-hydrogen) atoms. The Labute approximate surface area is 178 Å². The van der Waals surface area contributed by atoms with Gasteiger partial charge in [-0.1, -0.05) is 24.6 Å². The van der Waals surface area contributed by atoms with Crippen molar-refractivity contribution >= 4 is 11.8 Å². The van der Waals surface area contributed by atoms with Crippen LogP contribution in [0, 0.1) is 5.41 Å². The van der Waals surface area contributed by atoms with Gasteiger partial charge in [-0.25, -0.2) is 0 Å². The Morgan fingerprint density at radius 2 is 1.87 bits per heavy atom. The molecule has 1 N–H and O–H groups in total. The number of rotatable bonds is 7. The second-order valence-electron chi connectivity index (χ2n) is 7.92. The molecule has 2 aliphatic rings. The molecule has 2 aromatic carbocycles. The van der Waals surface area contributed by atoms with Gasteiger partial charge in [0.2, 0.25) is 5.75 Å². The maximum Gasteiger partial charge on any atom is 0.313 e. The van der Waals surface area contributed by atoms with Crippen molar-refractivity contribution in [2.75, 3.05) is 14.2 Å². The molecular weight excluding hydrogens is 384 g/mol. The fraction of sp³-hybridized carbons (Fsp3) is 0.417. The maximum absolute atomic E-state index is 12.3. The Morgan fingerprint density at radius 1 is 1.10 bits per heavy atom. The van der Waals surface area contributed by atoms with E-state index in [1.165, 1.54) is 7.11 Å². The first-order chi connectivity index (χ1) is 15.3. The molecule has 1 fully saturated rings. The molecule has 2 aliphatic carbocycles. The van der Waals surface area contributed by atoms with E-state index < -0.39 is 24.6 Å². The van der Waals surface area contributed by atoms with Crippen molar-refractivity contribution in [3.05, 3.63) is 41.5 Å². The third-order valence-corrected chi connectivity index (χ3v) is 6.53. The van der Waals surface area contributed by atoms with Gasteiger partial charge in [-0.3, -0.25) is 9.59 Å². The topological polar surface area (TPSA) is 82.1 Å². The summed E-state index contributed by atoms with van der Waals surface area (Å²) in [5.74, 6) is -0.245. The summed E-state index contributed by atoms with van der Waals surface area (Å²) in [5.41, 5.74) is 1.95. The maximum atomic E-state index is 12.3. The fourth-order valence-corrected chi connectivity index (χ4v) is 4.53. The number of hydrogen-bond acceptors (Lipinski definition) is 5. The number of ether oxygens (including phenoxy) is 3. The van der Waals surface area contributed by atoms with Crippen LogP contribution in [0.5, 0.6) is 17.2 Å². The van der Waals surface area contributed by atoms with Crippen molar-refractivity contribution in [2.24, 2.45) is 5.41 Å². The second kappa shape index (κ2) is 7.67. The van der Waals surface area contributed by atoms with Gasteiger partial charge < -0.3 is 19.3 Å². The number of fused-ring (bicyclic) bond motifs is 1. The zero-order valence-electron chi connectivity index (χ0n) is 19.1. The van der Waals surface area contributed by atoms with Crippen LogP contribution >= 0.6 is 0 Å². The van der Waals surface area contributed by atoms with Gasteiger partial charge in [0.05, 0.1) is 16.9 Å². The van der Waals surface area contributed by atoms with Crippen LogP contribution in [0.25, 0.3) is 11.1 Å². The SMILES string of the molecule is [2H]C([2H])Oc1c(OC)ccc(-c2cccc3c2CCC3=O)c1OC(C)C1(C(=O)O)CCC1. The van der Waals surface area contributed by atoms with Crippen molar-refractivity contribution in [3.63, 3.8) is 0 Å². The summed E-state index contributed by atoms with van der Waals surface area (Å²) in [7, 11) is -0.196. The highest BCUT2D eigenvalue weighted by Gasteiger charge is 2.50. The van der Waals surface area contributed by atoms with Gasteiger partial charge in [0.25, 0.3) is 0 Å². The Balaban J connectivity index is 1.88. The van der Waals surface area contributed by atoms with E-state index >= 15 is 0 Å². The smallest absolute Gasteiger partial charge is 0.313 e. The molecule has 0 heterocycles. The van der Waals surface area contributed by atoms with Crippen LogP contribution in [0.2, 0.25) is 0 Å². The number of benzene rings is 2. The third-order valence-electron chi connectivity index (χ3n) is 6.53. The molecule has 0 radical (unpaired) electrons. The first-order valence-electron chi connectivity index (χ1n) is 11.2. The normalized spacial score (nSPS) is 18.7. The summed E-state index contributed by atoms with van der Waals surface area (Å²) in [4.78, 5) is 24.3. The van der Waals surface area contributed by atoms with Crippen molar-refractivity contribution < 1.29 is 31.6 Å². The number of carbonyl (C=O) groups is 2. The predicted molar refractivity (Wildman–Crippen MR) is 112 cm³/mol. The summed E-state index contributed by atoms with van der Waals surface area (Å²) in [6.07, 6.45) is 2.17. The summed E-state index contributed by atoms with van der Waals surface area (Å²) >= 11 is 0. The van der Waals surface area contributed by atoms with E-state index in [-0.39, 0.29) is 23.0 Å². The van der Waals surface area contributed by atoms with Gasteiger partial charge in [-0.15, -0.1) is 0 Å². The molecule has 0 bridgehead atoms. The van der Waals surface area contributed by atoms with Crippen molar-refractivity contribution in [3.8, 4) is 28.4 Å². The highest BCUT2D eigenvalue weighted by Crippen LogP contribution is 2.50. The van der Waals surface area contributed by atoms with Gasteiger partial charge in [0.15, 0.2) is 17.3 Å². The quantitative estimate of drug-likeness (QED) is 0.720.